The Morgan fingerprint density at radius 3 is 2.08 bits per heavy atom. The van der Waals surface area contributed by atoms with Gasteiger partial charge >= 0.3 is 5.97 Å². The maximum atomic E-state index is 13.2. The smallest absolute Gasteiger partial charge is 0.335 e. The Morgan fingerprint density at radius 2 is 1.50 bits per heavy atom. The van der Waals surface area contributed by atoms with Crippen molar-refractivity contribution in [1.82, 2.24) is 4.90 Å². The van der Waals surface area contributed by atoms with Gasteiger partial charge < -0.3 is 19.8 Å². The quantitative estimate of drug-likeness (QED) is 0.263. The van der Waals surface area contributed by atoms with Gasteiger partial charge in [0.15, 0.2) is 0 Å². The fraction of sp³-hybridized carbons (Fsp3) is 0.207. The van der Waals surface area contributed by atoms with Crippen LogP contribution in [-0.2, 0) is 16.1 Å². The van der Waals surface area contributed by atoms with Gasteiger partial charge in [0.1, 0.15) is 11.5 Å². The molecule has 36 heavy (non-hydrogen) atoms. The second kappa shape index (κ2) is 10.5. The van der Waals surface area contributed by atoms with Crippen molar-refractivity contribution in [3.05, 3.63) is 107 Å². The van der Waals surface area contributed by atoms with Gasteiger partial charge in [0.25, 0.3) is 11.7 Å². The van der Waals surface area contributed by atoms with Crippen LogP contribution in [0, 0.1) is 5.92 Å². The van der Waals surface area contributed by atoms with Gasteiger partial charge in [0.05, 0.1) is 23.8 Å². The molecule has 1 heterocycles. The van der Waals surface area contributed by atoms with Gasteiger partial charge in [-0.2, -0.15) is 0 Å². The topological polar surface area (TPSA) is 104 Å². The van der Waals surface area contributed by atoms with E-state index < -0.39 is 23.7 Å². The summed E-state index contributed by atoms with van der Waals surface area (Å²) in [6.07, 6.45) is 0. The van der Waals surface area contributed by atoms with Crippen LogP contribution in [0.15, 0.2) is 84.4 Å². The highest BCUT2D eigenvalue weighted by atomic mass is 16.5. The summed E-state index contributed by atoms with van der Waals surface area (Å²) in [6.45, 7) is 4.72. The van der Waals surface area contributed by atoms with E-state index in [0.29, 0.717) is 35.0 Å². The van der Waals surface area contributed by atoms with Gasteiger partial charge in [-0.05, 0) is 53.4 Å². The highest BCUT2D eigenvalue weighted by molar-refractivity contribution is 6.46. The number of carbonyl (C=O) groups is 3. The molecule has 7 heteroatoms. The van der Waals surface area contributed by atoms with Gasteiger partial charge in [-0.25, -0.2) is 4.79 Å². The predicted octanol–water partition coefficient (Wildman–Crippen LogP) is 5.04. The number of carboxylic acid groups (broad SMARTS) is 1. The zero-order chi connectivity index (χ0) is 25.8. The SMILES string of the molecule is CC(C)COc1ccc(/C(O)=C2\C(=O)C(=O)N(Cc3ccc(C(=O)O)cc3)C2c2ccccc2)cc1. The first kappa shape index (κ1) is 24.7. The lowest BCUT2D eigenvalue weighted by Gasteiger charge is -2.25. The van der Waals surface area contributed by atoms with Crippen molar-refractivity contribution in [2.75, 3.05) is 6.61 Å². The number of ketones is 1. The number of benzene rings is 3. The predicted molar refractivity (Wildman–Crippen MR) is 134 cm³/mol. The average molecular weight is 486 g/mol. The second-order valence-electron chi connectivity index (χ2n) is 9.07. The van der Waals surface area contributed by atoms with Crippen LogP contribution in [0.2, 0.25) is 0 Å². The lowest BCUT2D eigenvalue weighted by atomic mass is 9.95. The van der Waals surface area contributed by atoms with Crippen LogP contribution < -0.4 is 4.74 Å². The van der Waals surface area contributed by atoms with Gasteiger partial charge in [-0.15, -0.1) is 0 Å². The van der Waals surface area contributed by atoms with Gasteiger partial charge in [0, 0.05) is 12.1 Å². The molecule has 1 atom stereocenters. The third kappa shape index (κ3) is 5.15. The summed E-state index contributed by atoms with van der Waals surface area (Å²) in [6, 6.07) is 21.1. The Morgan fingerprint density at radius 1 is 0.889 bits per heavy atom. The van der Waals surface area contributed by atoms with Crippen LogP contribution >= 0.6 is 0 Å². The van der Waals surface area contributed by atoms with Crippen molar-refractivity contribution in [3.8, 4) is 5.75 Å². The molecule has 0 bridgehead atoms. The van der Waals surface area contributed by atoms with E-state index in [2.05, 4.69) is 0 Å². The van der Waals surface area contributed by atoms with Gasteiger partial charge in [0.2, 0.25) is 0 Å². The number of ether oxygens (including phenoxy) is 1. The minimum absolute atomic E-state index is 0.00389. The molecule has 0 saturated carbocycles. The molecule has 1 aliphatic heterocycles. The second-order valence-corrected chi connectivity index (χ2v) is 9.07. The Balaban J connectivity index is 1.72. The normalized spacial score (nSPS) is 17.0. The number of aliphatic hydroxyl groups is 1. The number of hydrogen-bond donors (Lipinski definition) is 2. The molecule has 4 rings (SSSR count). The number of amides is 1. The number of Topliss-reactive ketones (excluding diaryl/α,β-unsaturated/α-hetero) is 1. The highest BCUT2D eigenvalue weighted by Gasteiger charge is 2.46. The van der Waals surface area contributed by atoms with Crippen molar-refractivity contribution in [1.29, 1.82) is 0 Å². The number of nitrogens with zero attached hydrogens (tertiary/aromatic N) is 1. The minimum atomic E-state index is -1.05. The number of aromatic carboxylic acids is 1. The zero-order valence-corrected chi connectivity index (χ0v) is 20.0. The molecule has 0 aromatic heterocycles. The highest BCUT2D eigenvalue weighted by Crippen LogP contribution is 2.40. The van der Waals surface area contributed by atoms with Crippen molar-refractivity contribution in [3.63, 3.8) is 0 Å². The molecule has 1 amide bonds. The summed E-state index contributed by atoms with van der Waals surface area (Å²) in [5.74, 6) is -1.81. The molecule has 0 spiro atoms. The molecule has 1 unspecified atom stereocenters. The summed E-state index contributed by atoms with van der Waals surface area (Å²) in [5, 5.41) is 20.4. The minimum Gasteiger partial charge on any atom is -0.507 e. The molecule has 1 saturated heterocycles. The maximum Gasteiger partial charge on any atom is 0.335 e. The van der Waals surface area contributed by atoms with Crippen LogP contribution in [0.1, 0.15) is 46.9 Å². The van der Waals surface area contributed by atoms with Crippen molar-refractivity contribution >= 4 is 23.4 Å². The van der Waals surface area contributed by atoms with Crippen molar-refractivity contribution in [2.24, 2.45) is 5.92 Å². The van der Waals surface area contributed by atoms with E-state index in [0.717, 1.165) is 0 Å². The van der Waals surface area contributed by atoms with E-state index in [-0.39, 0.29) is 23.4 Å². The van der Waals surface area contributed by atoms with Crippen LogP contribution in [0.25, 0.3) is 5.76 Å². The molecule has 3 aromatic rings. The van der Waals surface area contributed by atoms with E-state index in [1.54, 1.807) is 60.7 Å². The van der Waals surface area contributed by atoms with E-state index in [1.165, 1.54) is 17.0 Å². The Labute approximate surface area is 209 Å². The summed E-state index contributed by atoms with van der Waals surface area (Å²) in [5.41, 5.74) is 1.87. The van der Waals surface area contributed by atoms with Crippen LogP contribution in [-0.4, -0.2) is 39.4 Å². The molecular formula is C29H27NO6. The Hall–Kier alpha value is -4.39. The average Bonchev–Trinajstić information content (AvgIpc) is 3.13. The third-order valence-electron chi connectivity index (χ3n) is 5.92. The lowest BCUT2D eigenvalue weighted by Crippen LogP contribution is -2.29. The third-order valence-corrected chi connectivity index (χ3v) is 5.92. The molecule has 184 valence electrons. The van der Waals surface area contributed by atoms with E-state index in [1.807, 2.05) is 19.9 Å². The summed E-state index contributed by atoms with van der Waals surface area (Å²) in [7, 11) is 0. The maximum absolute atomic E-state index is 13.2. The first-order valence-corrected chi connectivity index (χ1v) is 11.6. The molecule has 7 nitrogen and oxygen atoms in total. The van der Waals surface area contributed by atoms with Crippen LogP contribution in [0.5, 0.6) is 5.75 Å². The molecule has 1 fully saturated rings. The fourth-order valence-electron chi connectivity index (χ4n) is 4.10. The summed E-state index contributed by atoms with van der Waals surface area (Å²) >= 11 is 0. The first-order valence-electron chi connectivity index (χ1n) is 11.6. The van der Waals surface area contributed by atoms with Crippen molar-refractivity contribution < 1.29 is 29.3 Å². The number of carboxylic acids is 1. The molecule has 1 aliphatic rings. The standard InChI is InChI=1S/C29H27NO6/c1-18(2)17-36-23-14-12-21(13-15-23)26(31)24-25(20-6-4-3-5-7-20)30(28(33)27(24)32)16-19-8-10-22(11-9-19)29(34)35/h3-15,18,25,31H,16-17H2,1-2H3,(H,34,35)/b26-24+. The number of likely N-dealkylation sites (tertiary alicyclic amines) is 1. The van der Waals surface area contributed by atoms with E-state index in [9.17, 15) is 19.5 Å². The first-order chi connectivity index (χ1) is 17.3. The zero-order valence-electron chi connectivity index (χ0n) is 20.0. The Bertz CT molecular complexity index is 1290. The lowest BCUT2D eigenvalue weighted by molar-refractivity contribution is -0.140. The Kier molecular flexibility index (Phi) is 7.20. The molecule has 2 N–H and O–H groups in total. The number of rotatable bonds is 8. The van der Waals surface area contributed by atoms with Crippen LogP contribution in [0.4, 0.5) is 0 Å². The number of hydrogen-bond acceptors (Lipinski definition) is 5. The monoisotopic (exact) mass is 485 g/mol. The fourth-order valence-corrected chi connectivity index (χ4v) is 4.10. The molecule has 3 aromatic carbocycles. The summed E-state index contributed by atoms with van der Waals surface area (Å²) < 4.78 is 5.70. The van der Waals surface area contributed by atoms with E-state index in [4.69, 9.17) is 9.84 Å². The number of carbonyl (C=O) groups excluding carboxylic acids is 2. The largest absolute Gasteiger partial charge is 0.507 e. The van der Waals surface area contributed by atoms with Crippen LogP contribution in [0.3, 0.4) is 0 Å². The number of aliphatic hydroxyl groups excluding tert-OH is 1. The molecular weight excluding hydrogens is 458 g/mol. The molecule has 0 radical (unpaired) electrons. The van der Waals surface area contributed by atoms with Gasteiger partial charge in [-0.1, -0.05) is 56.3 Å². The molecule has 0 aliphatic carbocycles. The van der Waals surface area contributed by atoms with E-state index >= 15 is 0 Å². The van der Waals surface area contributed by atoms with Gasteiger partial charge in [-0.3, -0.25) is 9.59 Å². The summed E-state index contributed by atoms with van der Waals surface area (Å²) in [4.78, 5) is 38.9. The van der Waals surface area contributed by atoms with Crippen molar-refractivity contribution in [2.45, 2.75) is 26.4 Å².